The van der Waals surface area contributed by atoms with E-state index in [2.05, 4.69) is 4.99 Å². The van der Waals surface area contributed by atoms with Gasteiger partial charge in [0.15, 0.2) is 0 Å². The van der Waals surface area contributed by atoms with Gasteiger partial charge in [0.05, 0.1) is 6.54 Å². The number of carbonyl (C=O) groups is 1. The summed E-state index contributed by atoms with van der Waals surface area (Å²) >= 11 is 0. The van der Waals surface area contributed by atoms with Crippen molar-refractivity contribution in [1.82, 2.24) is 4.90 Å². The summed E-state index contributed by atoms with van der Waals surface area (Å²) in [6, 6.07) is 0. The second-order valence-electron chi connectivity index (χ2n) is 5.88. The van der Waals surface area contributed by atoms with E-state index in [-0.39, 0.29) is 12.0 Å². The van der Waals surface area contributed by atoms with E-state index in [9.17, 15) is 4.79 Å². The van der Waals surface area contributed by atoms with Crippen molar-refractivity contribution in [2.24, 2.45) is 16.6 Å². The van der Waals surface area contributed by atoms with Crippen molar-refractivity contribution in [2.45, 2.75) is 26.4 Å². The number of amidine groups is 1. The summed E-state index contributed by atoms with van der Waals surface area (Å²) < 4.78 is 5.33. The molecule has 1 atom stereocenters. The highest BCUT2D eigenvalue weighted by Crippen LogP contribution is 2.21. The van der Waals surface area contributed by atoms with Crippen LogP contribution in [0.1, 0.15) is 20.8 Å². The zero-order chi connectivity index (χ0) is 14.8. The lowest BCUT2D eigenvalue weighted by atomic mass is 9.95. The highest BCUT2D eigenvalue weighted by Gasteiger charge is 2.22. The van der Waals surface area contributed by atoms with Crippen molar-refractivity contribution < 1.29 is 9.53 Å². The number of nitrogens with zero attached hydrogens (tertiary/aromatic N) is 2. The Hall–Kier alpha value is -2.04. The number of nitrogens with two attached hydrogens (primary N) is 1. The molecule has 0 aromatic rings. The van der Waals surface area contributed by atoms with Gasteiger partial charge in [-0.25, -0.2) is 4.79 Å². The third-order valence-electron chi connectivity index (χ3n) is 3.00. The number of allylic oxidation sites excluding steroid dienone is 1. The summed E-state index contributed by atoms with van der Waals surface area (Å²) in [7, 11) is 0. The van der Waals surface area contributed by atoms with Gasteiger partial charge in [-0.3, -0.25) is 9.89 Å². The lowest BCUT2D eigenvalue weighted by Gasteiger charge is -2.27. The predicted molar refractivity (Wildman–Crippen MR) is 79.3 cm³/mol. The summed E-state index contributed by atoms with van der Waals surface area (Å²) in [6.07, 6.45) is 9.25. The van der Waals surface area contributed by atoms with E-state index in [0.717, 1.165) is 5.57 Å². The summed E-state index contributed by atoms with van der Waals surface area (Å²) in [4.78, 5) is 17.7. The number of hydrogen-bond donors (Lipinski definition) is 1. The Bertz CT molecular complexity index is 510. The molecule has 1 unspecified atom stereocenters. The van der Waals surface area contributed by atoms with Crippen molar-refractivity contribution in [3.05, 3.63) is 36.1 Å². The first-order valence-corrected chi connectivity index (χ1v) is 6.71. The second kappa shape index (κ2) is 5.53. The first-order chi connectivity index (χ1) is 9.35. The molecule has 1 amide bonds. The maximum absolute atomic E-state index is 11.9. The Balaban J connectivity index is 1.93. The van der Waals surface area contributed by atoms with E-state index >= 15 is 0 Å². The van der Waals surface area contributed by atoms with Gasteiger partial charge < -0.3 is 10.5 Å². The van der Waals surface area contributed by atoms with Crippen molar-refractivity contribution in [3.8, 4) is 0 Å². The zero-order valence-corrected chi connectivity index (χ0v) is 12.2. The van der Waals surface area contributed by atoms with Crippen LogP contribution in [-0.4, -0.2) is 35.5 Å². The Morgan fingerprint density at radius 1 is 1.45 bits per heavy atom. The molecule has 20 heavy (non-hydrogen) atoms. The number of hydrogen-bond acceptors (Lipinski definition) is 4. The minimum atomic E-state index is -0.479. The third kappa shape index (κ3) is 3.73. The predicted octanol–water partition coefficient (Wildman–Crippen LogP) is 2.22. The van der Waals surface area contributed by atoms with Crippen LogP contribution in [0.3, 0.4) is 0 Å². The fourth-order valence-electron chi connectivity index (χ4n) is 1.99. The number of rotatable bonds is 1. The van der Waals surface area contributed by atoms with Gasteiger partial charge in [0.1, 0.15) is 11.4 Å². The third-order valence-corrected chi connectivity index (χ3v) is 3.00. The SMILES string of the molecule is CC(C)(C)OC(=O)N1C=CC(C2C=CC(N)=NC2)=CC1. The van der Waals surface area contributed by atoms with Crippen LogP contribution < -0.4 is 5.73 Å². The average molecular weight is 275 g/mol. The highest BCUT2D eigenvalue weighted by molar-refractivity contribution is 5.92. The van der Waals surface area contributed by atoms with Gasteiger partial charge in [0.25, 0.3) is 0 Å². The largest absolute Gasteiger partial charge is 0.443 e. The standard InChI is InChI=1S/C15H21N3O2/c1-15(2,3)20-14(19)18-8-6-11(7-9-18)12-4-5-13(16)17-10-12/h4-8,12H,9-10H2,1-3H3,(H2,16,17). The molecule has 5 nitrogen and oxygen atoms in total. The van der Waals surface area contributed by atoms with Crippen LogP contribution in [0.2, 0.25) is 0 Å². The summed E-state index contributed by atoms with van der Waals surface area (Å²) in [6.45, 7) is 6.74. The lowest BCUT2D eigenvalue weighted by Crippen LogP contribution is -2.35. The lowest BCUT2D eigenvalue weighted by molar-refractivity contribution is 0.0349. The molecule has 0 bridgehead atoms. The number of amides is 1. The maximum atomic E-state index is 11.9. The van der Waals surface area contributed by atoms with Gasteiger partial charge in [-0.15, -0.1) is 0 Å². The zero-order valence-electron chi connectivity index (χ0n) is 12.2. The molecule has 5 heteroatoms. The van der Waals surface area contributed by atoms with Crippen LogP contribution in [0, 0.1) is 5.92 Å². The molecule has 2 aliphatic rings. The Kier molecular flexibility index (Phi) is 3.97. The van der Waals surface area contributed by atoms with E-state index in [1.807, 2.05) is 45.1 Å². The first-order valence-electron chi connectivity index (χ1n) is 6.71. The highest BCUT2D eigenvalue weighted by atomic mass is 16.6. The molecule has 0 aliphatic carbocycles. The quantitative estimate of drug-likeness (QED) is 0.798. The Morgan fingerprint density at radius 2 is 2.20 bits per heavy atom. The maximum Gasteiger partial charge on any atom is 0.414 e. The van der Waals surface area contributed by atoms with Gasteiger partial charge >= 0.3 is 6.09 Å². The summed E-state index contributed by atoms with van der Waals surface area (Å²) in [5, 5.41) is 0. The Morgan fingerprint density at radius 3 is 2.70 bits per heavy atom. The van der Waals surface area contributed by atoms with E-state index in [0.29, 0.717) is 18.9 Å². The van der Waals surface area contributed by atoms with Gasteiger partial charge in [-0.2, -0.15) is 0 Å². The molecule has 2 heterocycles. The fourth-order valence-corrected chi connectivity index (χ4v) is 1.99. The van der Waals surface area contributed by atoms with Gasteiger partial charge in [-0.05, 0) is 38.5 Å². The minimum absolute atomic E-state index is 0.235. The molecule has 2 rings (SSSR count). The Labute approximate surface area is 119 Å². The molecule has 0 spiro atoms. The second-order valence-corrected chi connectivity index (χ2v) is 5.88. The van der Waals surface area contributed by atoms with Crippen LogP contribution in [0.4, 0.5) is 4.79 Å². The topological polar surface area (TPSA) is 67.9 Å². The molecule has 0 saturated carbocycles. The molecule has 2 aliphatic heterocycles. The molecular formula is C15H21N3O2. The molecular weight excluding hydrogens is 254 g/mol. The van der Waals surface area contributed by atoms with Crippen LogP contribution in [-0.2, 0) is 4.74 Å². The van der Waals surface area contributed by atoms with Gasteiger partial charge in [-0.1, -0.05) is 12.2 Å². The van der Waals surface area contributed by atoms with Crippen molar-refractivity contribution in [1.29, 1.82) is 0 Å². The van der Waals surface area contributed by atoms with Crippen LogP contribution >= 0.6 is 0 Å². The molecule has 0 radical (unpaired) electrons. The number of ether oxygens (including phenoxy) is 1. The van der Waals surface area contributed by atoms with E-state index < -0.39 is 5.60 Å². The number of aliphatic imine (C=N–C) groups is 1. The fraction of sp³-hybridized carbons (Fsp3) is 0.467. The van der Waals surface area contributed by atoms with Gasteiger partial charge in [0.2, 0.25) is 0 Å². The monoisotopic (exact) mass is 275 g/mol. The van der Waals surface area contributed by atoms with Crippen molar-refractivity contribution >= 4 is 11.9 Å². The summed E-state index contributed by atoms with van der Waals surface area (Å²) in [5.74, 6) is 0.802. The average Bonchev–Trinajstić information content (AvgIpc) is 2.38. The van der Waals surface area contributed by atoms with E-state index in [4.69, 9.17) is 10.5 Å². The van der Waals surface area contributed by atoms with Crippen LogP contribution in [0.5, 0.6) is 0 Å². The normalized spacial score (nSPS) is 22.4. The first kappa shape index (κ1) is 14.4. The number of carbonyl (C=O) groups excluding carboxylic acids is 1. The van der Waals surface area contributed by atoms with Crippen LogP contribution in [0.15, 0.2) is 41.1 Å². The molecule has 0 aromatic heterocycles. The molecule has 0 saturated heterocycles. The van der Waals surface area contributed by atoms with Gasteiger partial charge in [0, 0.05) is 18.7 Å². The van der Waals surface area contributed by atoms with Crippen LogP contribution in [0.25, 0.3) is 0 Å². The molecule has 0 aromatic carbocycles. The van der Waals surface area contributed by atoms with Crippen molar-refractivity contribution in [3.63, 3.8) is 0 Å². The summed E-state index contributed by atoms with van der Waals surface area (Å²) in [5.41, 5.74) is 6.27. The molecule has 108 valence electrons. The van der Waals surface area contributed by atoms with E-state index in [1.165, 1.54) is 0 Å². The smallest absolute Gasteiger partial charge is 0.414 e. The van der Waals surface area contributed by atoms with E-state index in [1.54, 1.807) is 11.1 Å². The molecule has 0 fully saturated rings. The van der Waals surface area contributed by atoms with Crippen molar-refractivity contribution in [2.75, 3.05) is 13.1 Å². The molecule has 2 N–H and O–H groups in total. The number of dihydropyridines is 1. The minimum Gasteiger partial charge on any atom is -0.443 e.